The van der Waals surface area contributed by atoms with Gasteiger partial charge in [0.2, 0.25) is 10.0 Å². The third-order valence-electron chi connectivity index (χ3n) is 6.58. The summed E-state index contributed by atoms with van der Waals surface area (Å²) in [5.74, 6) is 0. The lowest BCUT2D eigenvalue weighted by molar-refractivity contribution is -0.122. The number of amides is 2. The smallest absolute Gasteiger partial charge is 0.329 e. The van der Waals surface area contributed by atoms with Gasteiger partial charge in [0.25, 0.3) is 0 Å². The van der Waals surface area contributed by atoms with Crippen molar-refractivity contribution in [3.63, 3.8) is 0 Å². The van der Waals surface area contributed by atoms with Gasteiger partial charge in [-0.2, -0.15) is 18.3 Å². The number of pyridine rings is 1. The summed E-state index contributed by atoms with van der Waals surface area (Å²) in [6, 6.07) is 9.77. The number of sulfonamides is 1. The zero-order valence-corrected chi connectivity index (χ0v) is 21.7. The highest BCUT2D eigenvalue weighted by atomic mass is 32.2. The number of piperidine rings is 1. The Hall–Kier alpha value is -3.91. The second kappa shape index (κ2) is 10.3. The summed E-state index contributed by atoms with van der Waals surface area (Å²) in [7, 11) is -3.19. The third-order valence-corrected chi connectivity index (χ3v) is 7.88. The number of halogens is 3. The molecular weight excluding hydrogens is 535 g/mol. The molecule has 10 nitrogen and oxygen atoms in total. The van der Waals surface area contributed by atoms with Crippen LogP contribution in [0.5, 0.6) is 0 Å². The van der Waals surface area contributed by atoms with Gasteiger partial charge in [0.1, 0.15) is 12.2 Å². The van der Waals surface area contributed by atoms with Crippen molar-refractivity contribution in [1.82, 2.24) is 28.8 Å². The number of carbonyl (C=O) groups excluding carboxylic acids is 1. The van der Waals surface area contributed by atoms with Crippen molar-refractivity contribution >= 4 is 27.4 Å². The Labute approximate surface area is 222 Å². The van der Waals surface area contributed by atoms with E-state index < -0.39 is 28.8 Å². The number of nitrogens with one attached hydrogen (secondary N) is 2. The van der Waals surface area contributed by atoms with Crippen LogP contribution in [0.1, 0.15) is 18.9 Å². The van der Waals surface area contributed by atoms with Gasteiger partial charge in [0.05, 0.1) is 30.4 Å². The fourth-order valence-corrected chi connectivity index (χ4v) is 5.49. The van der Waals surface area contributed by atoms with E-state index in [1.165, 1.54) is 10.6 Å². The Morgan fingerprint density at radius 1 is 1.08 bits per heavy atom. The zero-order valence-electron chi connectivity index (χ0n) is 20.9. The van der Waals surface area contributed by atoms with Crippen LogP contribution in [0.25, 0.3) is 28.0 Å². The fraction of sp³-hybridized carbons (Fsp3) is 0.320. The number of rotatable bonds is 6. The minimum Gasteiger partial charge on any atom is -0.329 e. The van der Waals surface area contributed by atoms with Crippen LogP contribution in [-0.2, 0) is 10.0 Å². The minimum atomic E-state index is -4.49. The monoisotopic (exact) mass is 561 g/mol. The van der Waals surface area contributed by atoms with E-state index in [0.717, 1.165) is 22.4 Å². The van der Waals surface area contributed by atoms with Gasteiger partial charge in [-0.05, 0) is 42.7 Å². The average Bonchev–Trinajstić information content (AvgIpc) is 3.54. The number of nitrogens with zero attached hydrogens (tertiary/aromatic N) is 5. The number of urea groups is 1. The molecule has 0 atom stereocenters. The molecule has 1 aromatic carbocycles. The first-order chi connectivity index (χ1) is 18.5. The maximum Gasteiger partial charge on any atom is 0.405 e. The number of hydrogen-bond acceptors (Lipinski definition) is 5. The van der Waals surface area contributed by atoms with Gasteiger partial charge >= 0.3 is 12.2 Å². The van der Waals surface area contributed by atoms with Crippen molar-refractivity contribution in [2.24, 2.45) is 0 Å². The quantitative estimate of drug-likeness (QED) is 0.367. The Morgan fingerprint density at radius 2 is 1.85 bits per heavy atom. The minimum absolute atomic E-state index is 0.120. The van der Waals surface area contributed by atoms with Gasteiger partial charge < -0.3 is 10.6 Å². The van der Waals surface area contributed by atoms with Gasteiger partial charge in [0.15, 0.2) is 0 Å². The fourth-order valence-electron chi connectivity index (χ4n) is 4.61. The van der Waals surface area contributed by atoms with E-state index in [0.29, 0.717) is 37.3 Å². The lowest BCUT2D eigenvalue weighted by Gasteiger charge is -2.30. The van der Waals surface area contributed by atoms with Crippen LogP contribution < -0.4 is 10.6 Å². The van der Waals surface area contributed by atoms with Gasteiger partial charge in [-0.1, -0.05) is 12.1 Å². The van der Waals surface area contributed by atoms with Crippen LogP contribution in [0.3, 0.4) is 0 Å². The number of alkyl halides is 3. The second-order valence-electron chi connectivity index (χ2n) is 9.39. The zero-order chi connectivity index (χ0) is 27.8. The van der Waals surface area contributed by atoms with E-state index in [9.17, 15) is 26.4 Å². The Morgan fingerprint density at radius 3 is 2.56 bits per heavy atom. The standard InChI is InChI=1S/C25H26F3N7O3S/c1-39(37,38)33-8-6-21(7-9-33)35-15-19(13-31-35)17-5-10-34-22(14-29-23(34)12-17)18-3-2-4-20(11-18)32-24(36)30-16-25(26,27)28/h2-5,10-15,21H,6-9,16H2,1H3,(H2,30,32,36). The largest absolute Gasteiger partial charge is 0.405 e. The number of aromatic nitrogens is 4. The van der Waals surface area contributed by atoms with Gasteiger partial charge in [-0.15, -0.1) is 0 Å². The molecule has 3 aromatic heterocycles. The number of imidazole rings is 1. The molecule has 1 saturated heterocycles. The topological polar surface area (TPSA) is 114 Å². The molecule has 2 N–H and O–H groups in total. The molecule has 14 heteroatoms. The molecule has 0 bridgehead atoms. The maximum atomic E-state index is 12.3. The number of carbonyl (C=O) groups is 1. The van der Waals surface area contributed by atoms with Crippen LogP contribution in [0.4, 0.5) is 23.7 Å². The third kappa shape index (κ3) is 6.23. The van der Waals surface area contributed by atoms with Crippen molar-refractivity contribution in [2.45, 2.75) is 25.1 Å². The molecule has 4 aromatic rings. The molecule has 0 unspecified atom stereocenters. The Bertz CT molecular complexity index is 1610. The predicted octanol–water partition coefficient (Wildman–Crippen LogP) is 4.15. The molecule has 1 aliphatic heterocycles. The van der Waals surface area contributed by atoms with Crippen LogP contribution in [0.2, 0.25) is 0 Å². The number of fused-ring (bicyclic) bond motifs is 1. The molecule has 1 fully saturated rings. The summed E-state index contributed by atoms with van der Waals surface area (Å²) in [4.78, 5) is 16.3. The average molecular weight is 562 g/mol. The maximum absolute atomic E-state index is 12.3. The van der Waals surface area contributed by atoms with Crippen molar-refractivity contribution in [1.29, 1.82) is 0 Å². The molecule has 0 saturated carbocycles. The summed E-state index contributed by atoms with van der Waals surface area (Å²) in [6.45, 7) is -0.484. The van der Waals surface area contributed by atoms with E-state index in [1.54, 1.807) is 35.9 Å². The van der Waals surface area contributed by atoms with E-state index in [-0.39, 0.29) is 6.04 Å². The van der Waals surface area contributed by atoms with Gasteiger partial charge in [0, 0.05) is 42.3 Å². The van der Waals surface area contributed by atoms with Crippen molar-refractivity contribution < 1.29 is 26.4 Å². The summed E-state index contributed by atoms with van der Waals surface area (Å²) < 4.78 is 65.8. The molecule has 1 aliphatic rings. The molecule has 5 rings (SSSR count). The van der Waals surface area contributed by atoms with E-state index >= 15 is 0 Å². The van der Waals surface area contributed by atoms with Crippen LogP contribution in [-0.4, -0.2) is 70.0 Å². The molecule has 4 heterocycles. The second-order valence-corrected chi connectivity index (χ2v) is 11.4. The van der Waals surface area contributed by atoms with Crippen molar-refractivity contribution in [3.05, 3.63) is 61.2 Å². The van der Waals surface area contributed by atoms with Gasteiger partial charge in [-0.3, -0.25) is 9.08 Å². The van der Waals surface area contributed by atoms with E-state index in [1.807, 2.05) is 39.7 Å². The first-order valence-electron chi connectivity index (χ1n) is 12.1. The highest BCUT2D eigenvalue weighted by molar-refractivity contribution is 7.88. The summed E-state index contributed by atoms with van der Waals surface area (Å²) >= 11 is 0. The highest BCUT2D eigenvalue weighted by Crippen LogP contribution is 2.29. The van der Waals surface area contributed by atoms with Crippen molar-refractivity contribution in [3.8, 4) is 22.4 Å². The summed E-state index contributed by atoms with van der Waals surface area (Å²) in [5, 5.41) is 8.71. The lowest BCUT2D eigenvalue weighted by Crippen LogP contribution is -2.38. The molecule has 0 aliphatic carbocycles. The summed E-state index contributed by atoms with van der Waals surface area (Å²) in [6.07, 6.45) is 5.39. The van der Waals surface area contributed by atoms with Crippen LogP contribution in [0.15, 0.2) is 61.2 Å². The van der Waals surface area contributed by atoms with Crippen LogP contribution >= 0.6 is 0 Å². The first kappa shape index (κ1) is 26.7. The molecule has 0 radical (unpaired) electrons. The highest BCUT2D eigenvalue weighted by Gasteiger charge is 2.28. The Kier molecular flexibility index (Phi) is 7.07. The SMILES string of the molecule is CS(=O)(=O)N1CCC(n2cc(-c3ccn4c(-c5cccc(NC(=O)NCC(F)(F)F)c5)cnc4c3)cn2)CC1. The molecule has 2 amide bonds. The normalized spacial score (nSPS) is 15.5. The number of anilines is 1. The number of hydrogen-bond donors (Lipinski definition) is 2. The number of benzene rings is 1. The molecule has 0 spiro atoms. The first-order valence-corrected chi connectivity index (χ1v) is 14.0. The Balaban J connectivity index is 1.30. The van der Waals surface area contributed by atoms with E-state index in [4.69, 9.17) is 0 Å². The van der Waals surface area contributed by atoms with Crippen molar-refractivity contribution in [2.75, 3.05) is 31.2 Å². The van der Waals surface area contributed by atoms with E-state index in [2.05, 4.69) is 15.4 Å². The molecule has 39 heavy (non-hydrogen) atoms. The molecule has 206 valence electrons. The predicted molar refractivity (Wildman–Crippen MR) is 140 cm³/mol. The lowest BCUT2D eigenvalue weighted by atomic mass is 10.1. The van der Waals surface area contributed by atoms with Crippen LogP contribution in [0, 0.1) is 0 Å². The summed E-state index contributed by atoms with van der Waals surface area (Å²) in [5.41, 5.74) is 4.30. The molecular formula is C25H26F3N7O3S. The van der Waals surface area contributed by atoms with Gasteiger partial charge in [-0.25, -0.2) is 22.5 Å².